The molecular formula is C10H20N2O. The van der Waals surface area contributed by atoms with Gasteiger partial charge in [0.1, 0.15) is 0 Å². The Bertz CT molecular complexity index is 174. The number of carbonyl (C=O) groups excluding carboxylic acids is 1. The summed E-state index contributed by atoms with van der Waals surface area (Å²) in [5, 5.41) is 6.28. The minimum atomic E-state index is -0.255. The second kappa shape index (κ2) is 4.61. The van der Waals surface area contributed by atoms with Crippen molar-refractivity contribution in [2.24, 2.45) is 0 Å². The van der Waals surface area contributed by atoms with Crippen LogP contribution in [0.5, 0.6) is 0 Å². The van der Waals surface area contributed by atoms with E-state index in [1.54, 1.807) is 0 Å². The largest absolute Gasteiger partial charge is 0.355 e. The standard InChI is InChI=1S/C10H20N2O/c1-3-7-11-9(13)10(4-2)6-5-8-12-10/h12H,3-8H2,1-2H3,(H,11,13). The highest BCUT2D eigenvalue weighted by Gasteiger charge is 2.38. The van der Waals surface area contributed by atoms with Gasteiger partial charge in [0, 0.05) is 6.54 Å². The van der Waals surface area contributed by atoms with E-state index in [2.05, 4.69) is 24.5 Å². The lowest BCUT2D eigenvalue weighted by molar-refractivity contribution is -0.127. The van der Waals surface area contributed by atoms with E-state index in [-0.39, 0.29) is 11.4 Å². The summed E-state index contributed by atoms with van der Waals surface area (Å²) in [5.41, 5.74) is -0.255. The van der Waals surface area contributed by atoms with E-state index in [9.17, 15) is 4.79 Å². The van der Waals surface area contributed by atoms with Crippen LogP contribution in [0.15, 0.2) is 0 Å². The molecule has 2 N–H and O–H groups in total. The number of amides is 1. The van der Waals surface area contributed by atoms with Crippen LogP contribution in [0, 0.1) is 0 Å². The van der Waals surface area contributed by atoms with Crippen molar-refractivity contribution < 1.29 is 4.79 Å². The van der Waals surface area contributed by atoms with E-state index >= 15 is 0 Å². The lowest BCUT2D eigenvalue weighted by atomic mass is 9.93. The fourth-order valence-electron chi connectivity index (χ4n) is 1.87. The zero-order valence-corrected chi connectivity index (χ0v) is 8.65. The molecule has 1 atom stereocenters. The summed E-state index contributed by atoms with van der Waals surface area (Å²) in [7, 11) is 0. The van der Waals surface area contributed by atoms with E-state index in [0.717, 1.165) is 38.8 Å². The number of hydrogen-bond donors (Lipinski definition) is 2. The quantitative estimate of drug-likeness (QED) is 0.685. The lowest BCUT2D eigenvalue weighted by Crippen LogP contribution is -2.53. The third-order valence-corrected chi connectivity index (χ3v) is 2.82. The first-order valence-electron chi connectivity index (χ1n) is 5.28. The molecule has 1 aliphatic rings. The summed E-state index contributed by atoms with van der Waals surface area (Å²) in [6.45, 7) is 5.92. The van der Waals surface area contributed by atoms with E-state index < -0.39 is 0 Å². The molecule has 0 aromatic carbocycles. The van der Waals surface area contributed by atoms with Gasteiger partial charge in [0.2, 0.25) is 5.91 Å². The molecule has 13 heavy (non-hydrogen) atoms. The molecule has 1 fully saturated rings. The topological polar surface area (TPSA) is 41.1 Å². The van der Waals surface area contributed by atoms with Crippen LogP contribution in [0.3, 0.4) is 0 Å². The summed E-state index contributed by atoms with van der Waals surface area (Å²) in [4.78, 5) is 11.8. The maximum atomic E-state index is 11.8. The Labute approximate surface area is 80.3 Å². The highest BCUT2D eigenvalue weighted by molar-refractivity contribution is 5.86. The van der Waals surface area contributed by atoms with E-state index in [4.69, 9.17) is 0 Å². The molecule has 1 amide bonds. The van der Waals surface area contributed by atoms with Gasteiger partial charge in [0.15, 0.2) is 0 Å². The third-order valence-electron chi connectivity index (χ3n) is 2.82. The molecule has 0 spiro atoms. The molecule has 0 aromatic rings. The van der Waals surface area contributed by atoms with Crippen molar-refractivity contribution in [1.29, 1.82) is 0 Å². The highest BCUT2D eigenvalue weighted by Crippen LogP contribution is 2.22. The Hall–Kier alpha value is -0.570. The molecule has 1 saturated heterocycles. The molecule has 76 valence electrons. The molecule has 0 radical (unpaired) electrons. The zero-order chi connectivity index (χ0) is 9.73. The minimum Gasteiger partial charge on any atom is -0.355 e. The van der Waals surface area contributed by atoms with Crippen molar-refractivity contribution in [2.75, 3.05) is 13.1 Å². The molecule has 0 aromatic heterocycles. The van der Waals surface area contributed by atoms with Crippen molar-refractivity contribution in [3.8, 4) is 0 Å². The molecule has 1 aliphatic heterocycles. The van der Waals surface area contributed by atoms with Gasteiger partial charge < -0.3 is 10.6 Å². The number of rotatable bonds is 4. The van der Waals surface area contributed by atoms with Crippen LogP contribution in [-0.2, 0) is 4.79 Å². The monoisotopic (exact) mass is 184 g/mol. The molecule has 1 rings (SSSR count). The van der Waals surface area contributed by atoms with Gasteiger partial charge in [-0.2, -0.15) is 0 Å². The van der Waals surface area contributed by atoms with Crippen molar-refractivity contribution >= 4 is 5.91 Å². The van der Waals surface area contributed by atoms with Crippen molar-refractivity contribution in [2.45, 2.75) is 45.1 Å². The molecule has 3 nitrogen and oxygen atoms in total. The number of carbonyl (C=O) groups is 1. The van der Waals surface area contributed by atoms with Crippen LogP contribution in [0.25, 0.3) is 0 Å². The second-order valence-corrected chi connectivity index (χ2v) is 3.72. The predicted molar refractivity (Wildman–Crippen MR) is 53.6 cm³/mol. The van der Waals surface area contributed by atoms with Gasteiger partial charge in [0.05, 0.1) is 5.54 Å². The van der Waals surface area contributed by atoms with Gasteiger partial charge in [-0.25, -0.2) is 0 Å². The Balaban J connectivity index is 2.49. The van der Waals surface area contributed by atoms with Gasteiger partial charge >= 0.3 is 0 Å². The SMILES string of the molecule is CCCNC(=O)C1(CC)CCCN1. The molecule has 0 saturated carbocycles. The lowest BCUT2D eigenvalue weighted by Gasteiger charge is -2.26. The van der Waals surface area contributed by atoms with Crippen LogP contribution in [0.4, 0.5) is 0 Å². The maximum absolute atomic E-state index is 11.8. The van der Waals surface area contributed by atoms with Crippen LogP contribution in [0.2, 0.25) is 0 Å². The van der Waals surface area contributed by atoms with Crippen molar-refractivity contribution in [3.63, 3.8) is 0 Å². The van der Waals surface area contributed by atoms with Gasteiger partial charge in [0.25, 0.3) is 0 Å². The zero-order valence-electron chi connectivity index (χ0n) is 8.65. The van der Waals surface area contributed by atoms with Crippen LogP contribution >= 0.6 is 0 Å². The normalized spacial score (nSPS) is 27.5. The molecular weight excluding hydrogens is 164 g/mol. The fraction of sp³-hybridized carbons (Fsp3) is 0.900. The summed E-state index contributed by atoms with van der Waals surface area (Å²) >= 11 is 0. The van der Waals surface area contributed by atoms with Crippen LogP contribution < -0.4 is 10.6 Å². The summed E-state index contributed by atoms with van der Waals surface area (Å²) in [5.74, 6) is 0.189. The van der Waals surface area contributed by atoms with Crippen molar-refractivity contribution in [3.05, 3.63) is 0 Å². The molecule has 3 heteroatoms. The highest BCUT2D eigenvalue weighted by atomic mass is 16.2. The van der Waals surface area contributed by atoms with E-state index in [0.29, 0.717) is 0 Å². The van der Waals surface area contributed by atoms with E-state index in [1.165, 1.54) is 0 Å². The summed E-state index contributed by atoms with van der Waals surface area (Å²) < 4.78 is 0. The summed E-state index contributed by atoms with van der Waals surface area (Å²) in [6, 6.07) is 0. The fourth-order valence-corrected chi connectivity index (χ4v) is 1.87. The van der Waals surface area contributed by atoms with E-state index in [1.807, 2.05) is 0 Å². The molecule has 1 heterocycles. The van der Waals surface area contributed by atoms with Gasteiger partial charge in [-0.15, -0.1) is 0 Å². The third kappa shape index (κ3) is 2.21. The maximum Gasteiger partial charge on any atom is 0.240 e. The predicted octanol–water partition coefficient (Wildman–Crippen LogP) is 1.04. The Morgan fingerprint density at radius 2 is 2.31 bits per heavy atom. The Morgan fingerprint density at radius 3 is 2.77 bits per heavy atom. The second-order valence-electron chi connectivity index (χ2n) is 3.72. The average molecular weight is 184 g/mol. The smallest absolute Gasteiger partial charge is 0.240 e. The molecule has 1 unspecified atom stereocenters. The minimum absolute atomic E-state index is 0.189. The first kappa shape index (κ1) is 10.5. The molecule has 0 aliphatic carbocycles. The first-order chi connectivity index (χ1) is 6.25. The number of hydrogen-bond acceptors (Lipinski definition) is 2. The Kier molecular flexibility index (Phi) is 3.72. The Morgan fingerprint density at radius 1 is 1.54 bits per heavy atom. The van der Waals surface area contributed by atoms with Crippen LogP contribution in [0.1, 0.15) is 39.5 Å². The van der Waals surface area contributed by atoms with Crippen molar-refractivity contribution in [1.82, 2.24) is 10.6 Å². The van der Waals surface area contributed by atoms with Gasteiger partial charge in [-0.3, -0.25) is 4.79 Å². The van der Waals surface area contributed by atoms with Crippen LogP contribution in [-0.4, -0.2) is 24.5 Å². The molecule has 0 bridgehead atoms. The van der Waals surface area contributed by atoms with Gasteiger partial charge in [-0.05, 0) is 32.2 Å². The van der Waals surface area contributed by atoms with Gasteiger partial charge in [-0.1, -0.05) is 13.8 Å². The first-order valence-corrected chi connectivity index (χ1v) is 5.28. The number of nitrogens with one attached hydrogen (secondary N) is 2. The average Bonchev–Trinajstić information content (AvgIpc) is 2.63. The summed E-state index contributed by atoms with van der Waals surface area (Å²) in [6.07, 6.45) is 4.00.